The van der Waals surface area contributed by atoms with E-state index in [0.29, 0.717) is 12.1 Å². The molecule has 8 nitrogen and oxygen atoms in total. The van der Waals surface area contributed by atoms with Crippen LogP contribution in [0.5, 0.6) is 0 Å². The fraction of sp³-hybridized carbons (Fsp3) is 0.412. The van der Waals surface area contributed by atoms with Crippen LogP contribution in [0.1, 0.15) is 12.8 Å². The molecule has 0 bridgehead atoms. The summed E-state index contributed by atoms with van der Waals surface area (Å²) in [4.78, 5) is 50.2. The summed E-state index contributed by atoms with van der Waals surface area (Å²) < 4.78 is 4.93. The Labute approximate surface area is 155 Å². The number of nitrogens with zero attached hydrogens (tertiary/aromatic N) is 2. The molecule has 0 aliphatic carbocycles. The molecular formula is C17H21N3O5S. The van der Waals surface area contributed by atoms with E-state index in [-0.39, 0.29) is 38.1 Å². The molecule has 1 heterocycles. The van der Waals surface area contributed by atoms with Crippen LogP contribution in [0.2, 0.25) is 0 Å². The molecule has 4 amide bonds. The number of para-hydroxylation sites is 1. The van der Waals surface area contributed by atoms with E-state index in [4.69, 9.17) is 4.74 Å². The van der Waals surface area contributed by atoms with Gasteiger partial charge in [-0.1, -0.05) is 12.1 Å². The number of ether oxygens (including phenoxy) is 1. The van der Waals surface area contributed by atoms with Gasteiger partial charge in [0, 0.05) is 24.9 Å². The monoisotopic (exact) mass is 379 g/mol. The molecular weight excluding hydrogens is 358 g/mol. The summed E-state index contributed by atoms with van der Waals surface area (Å²) in [6, 6.07) is 6.96. The largest absolute Gasteiger partial charge is 0.456 e. The first-order valence-corrected chi connectivity index (χ1v) is 9.28. The van der Waals surface area contributed by atoms with Crippen LogP contribution in [0.4, 0.5) is 10.5 Å². The maximum atomic E-state index is 11.9. The van der Waals surface area contributed by atoms with E-state index in [9.17, 15) is 19.2 Å². The van der Waals surface area contributed by atoms with Crippen LogP contribution >= 0.6 is 11.8 Å². The van der Waals surface area contributed by atoms with Crippen molar-refractivity contribution in [2.45, 2.75) is 17.7 Å². The lowest BCUT2D eigenvalue weighted by Crippen LogP contribution is -2.32. The van der Waals surface area contributed by atoms with Gasteiger partial charge in [-0.3, -0.25) is 19.3 Å². The predicted molar refractivity (Wildman–Crippen MR) is 96.8 cm³/mol. The van der Waals surface area contributed by atoms with Crippen molar-refractivity contribution >= 4 is 41.3 Å². The molecule has 1 saturated heterocycles. The molecule has 9 heteroatoms. The number of thioether (sulfide) groups is 1. The van der Waals surface area contributed by atoms with Gasteiger partial charge in [0.15, 0.2) is 6.61 Å². The molecule has 0 spiro atoms. The number of urea groups is 1. The highest BCUT2D eigenvalue weighted by molar-refractivity contribution is 7.98. The Morgan fingerprint density at radius 1 is 1.27 bits per heavy atom. The number of imide groups is 1. The molecule has 0 saturated carbocycles. The van der Waals surface area contributed by atoms with Crippen LogP contribution in [-0.4, -0.2) is 66.6 Å². The molecule has 140 valence electrons. The number of hydrogen-bond donors (Lipinski definition) is 1. The van der Waals surface area contributed by atoms with Gasteiger partial charge in [0.1, 0.15) is 6.54 Å². The Morgan fingerprint density at radius 2 is 2.00 bits per heavy atom. The smallest absolute Gasteiger partial charge is 0.326 e. The van der Waals surface area contributed by atoms with Crippen molar-refractivity contribution in [3.63, 3.8) is 0 Å². The summed E-state index contributed by atoms with van der Waals surface area (Å²) in [6.07, 6.45) is 2.22. The van der Waals surface area contributed by atoms with Gasteiger partial charge in [-0.05, 0) is 24.8 Å². The van der Waals surface area contributed by atoms with Crippen molar-refractivity contribution in [1.29, 1.82) is 0 Å². The second kappa shape index (κ2) is 9.23. The van der Waals surface area contributed by atoms with Gasteiger partial charge in [-0.2, -0.15) is 0 Å². The summed E-state index contributed by atoms with van der Waals surface area (Å²) in [5, 5.41) is 2.69. The third-order valence-electron chi connectivity index (χ3n) is 3.74. The van der Waals surface area contributed by atoms with Crippen LogP contribution in [0.25, 0.3) is 0 Å². The molecule has 1 aromatic rings. The number of anilines is 1. The van der Waals surface area contributed by atoms with Crippen LogP contribution in [0.3, 0.4) is 0 Å². The molecule has 1 aliphatic heterocycles. The minimum atomic E-state index is -0.550. The van der Waals surface area contributed by atoms with Crippen LogP contribution < -0.4 is 5.32 Å². The topological polar surface area (TPSA) is 96.0 Å². The van der Waals surface area contributed by atoms with Gasteiger partial charge in [-0.25, -0.2) is 4.79 Å². The van der Waals surface area contributed by atoms with Crippen LogP contribution in [-0.2, 0) is 19.1 Å². The molecule has 0 aromatic heterocycles. The van der Waals surface area contributed by atoms with Gasteiger partial charge in [0.25, 0.3) is 5.91 Å². The summed E-state index contributed by atoms with van der Waals surface area (Å²) in [6.45, 7) is -0.169. The number of rotatable bonds is 8. The van der Waals surface area contributed by atoms with Crippen LogP contribution in [0.15, 0.2) is 29.2 Å². The molecule has 1 aromatic carbocycles. The normalized spacial score (nSPS) is 13.9. The Hall–Kier alpha value is -2.55. The fourth-order valence-corrected chi connectivity index (χ4v) is 2.98. The number of benzene rings is 1. The summed E-state index contributed by atoms with van der Waals surface area (Å²) in [5.74, 6) is -1.25. The fourth-order valence-electron chi connectivity index (χ4n) is 2.42. The van der Waals surface area contributed by atoms with Crippen LogP contribution in [0, 0.1) is 0 Å². The van der Waals surface area contributed by atoms with E-state index in [0.717, 1.165) is 9.80 Å². The highest BCUT2D eigenvalue weighted by Gasteiger charge is 2.32. The van der Waals surface area contributed by atoms with E-state index >= 15 is 0 Å². The molecule has 2 rings (SSSR count). The van der Waals surface area contributed by atoms with Gasteiger partial charge in [-0.15, -0.1) is 11.8 Å². The number of hydrogen-bond acceptors (Lipinski definition) is 6. The first kappa shape index (κ1) is 19.8. The lowest BCUT2D eigenvalue weighted by Gasteiger charge is -2.13. The van der Waals surface area contributed by atoms with Crippen molar-refractivity contribution in [3.05, 3.63) is 24.3 Å². The number of amides is 4. The molecule has 1 N–H and O–H groups in total. The van der Waals surface area contributed by atoms with Gasteiger partial charge < -0.3 is 15.0 Å². The maximum Gasteiger partial charge on any atom is 0.326 e. The van der Waals surface area contributed by atoms with E-state index < -0.39 is 11.9 Å². The lowest BCUT2D eigenvalue weighted by atomic mass is 10.3. The Morgan fingerprint density at radius 3 is 2.65 bits per heavy atom. The minimum Gasteiger partial charge on any atom is -0.456 e. The van der Waals surface area contributed by atoms with Crippen molar-refractivity contribution in [2.75, 3.05) is 38.3 Å². The summed E-state index contributed by atoms with van der Waals surface area (Å²) in [5.41, 5.74) is 0.663. The zero-order valence-electron chi connectivity index (χ0n) is 14.7. The van der Waals surface area contributed by atoms with E-state index in [2.05, 4.69) is 5.32 Å². The highest BCUT2D eigenvalue weighted by atomic mass is 32.2. The van der Waals surface area contributed by atoms with Crippen molar-refractivity contribution in [1.82, 2.24) is 9.80 Å². The number of esters is 1. The predicted octanol–water partition coefficient (Wildman–Crippen LogP) is 1.56. The Balaban J connectivity index is 1.69. The van der Waals surface area contributed by atoms with Gasteiger partial charge >= 0.3 is 12.0 Å². The quantitative estimate of drug-likeness (QED) is 0.418. The SMILES string of the molecule is CSc1ccccc1NC(=O)COC(=O)CCCN1C(=O)CN(C)C1=O. The molecule has 0 atom stereocenters. The first-order chi connectivity index (χ1) is 12.4. The standard InChI is InChI=1S/C17H21N3O5S/c1-19-10-15(22)20(17(19)24)9-5-8-16(23)25-11-14(21)18-12-6-3-4-7-13(12)26-2/h3-4,6-7H,5,8-11H2,1-2H3,(H,18,21). The first-order valence-electron chi connectivity index (χ1n) is 8.06. The third-order valence-corrected chi connectivity index (χ3v) is 4.53. The maximum absolute atomic E-state index is 11.9. The van der Waals surface area contributed by atoms with E-state index in [1.165, 1.54) is 16.7 Å². The Bertz CT molecular complexity index is 709. The van der Waals surface area contributed by atoms with Crippen molar-refractivity contribution < 1.29 is 23.9 Å². The molecule has 0 radical (unpaired) electrons. The summed E-state index contributed by atoms with van der Waals surface area (Å²) >= 11 is 1.50. The zero-order chi connectivity index (χ0) is 19.1. The molecule has 26 heavy (non-hydrogen) atoms. The molecule has 1 fully saturated rings. The lowest BCUT2D eigenvalue weighted by molar-refractivity contribution is -0.147. The molecule has 1 aliphatic rings. The average Bonchev–Trinajstić information content (AvgIpc) is 2.86. The number of carbonyl (C=O) groups is 4. The number of carbonyl (C=O) groups excluding carboxylic acids is 4. The number of likely N-dealkylation sites (N-methyl/N-ethyl adjacent to an activating group) is 1. The van der Waals surface area contributed by atoms with Gasteiger partial charge in [0.05, 0.1) is 5.69 Å². The minimum absolute atomic E-state index is 0.0233. The summed E-state index contributed by atoms with van der Waals surface area (Å²) in [7, 11) is 1.54. The second-order valence-electron chi connectivity index (χ2n) is 5.70. The van der Waals surface area contributed by atoms with E-state index in [1.54, 1.807) is 19.2 Å². The van der Waals surface area contributed by atoms with Gasteiger partial charge in [0.2, 0.25) is 5.91 Å². The van der Waals surface area contributed by atoms with Crippen molar-refractivity contribution in [2.24, 2.45) is 0 Å². The number of nitrogens with one attached hydrogen (secondary N) is 1. The second-order valence-corrected chi connectivity index (χ2v) is 6.54. The van der Waals surface area contributed by atoms with Crippen molar-refractivity contribution in [3.8, 4) is 0 Å². The molecule has 0 unspecified atom stereocenters. The average molecular weight is 379 g/mol. The third kappa shape index (κ3) is 5.22. The van der Waals surface area contributed by atoms with E-state index in [1.807, 2.05) is 18.4 Å². The highest BCUT2D eigenvalue weighted by Crippen LogP contribution is 2.24. The Kier molecular flexibility index (Phi) is 7.02. The zero-order valence-corrected chi connectivity index (χ0v) is 15.5.